The van der Waals surface area contributed by atoms with E-state index in [2.05, 4.69) is 46.8 Å². The van der Waals surface area contributed by atoms with Gasteiger partial charge >= 0.3 is 0 Å². The molecule has 6 rings (SSSR count). The number of carbonyl (C=O) groups is 1. The first kappa shape index (κ1) is 25.3. The molecule has 1 spiro atoms. The second kappa shape index (κ2) is 11.4. The van der Waals surface area contributed by atoms with Crippen LogP contribution in [0.1, 0.15) is 78.9 Å². The van der Waals surface area contributed by atoms with E-state index in [1.165, 1.54) is 63.6 Å². The number of H-pyrrole nitrogens is 2. The highest BCUT2D eigenvalue weighted by Gasteiger charge is 2.41. The summed E-state index contributed by atoms with van der Waals surface area (Å²) in [6.07, 6.45) is 17.7. The summed E-state index contributed by atoms with van der Waals surface area (Å²) < 4.78 is 0. The average molecular weight is 516 g/mol. The first-order valence-corrected chi connectivity index (χ1v) is 14.5. The normalized spacial score (nSPS) is 20.5. The van der Waals surface area contributed by atoms with Crippen LogP contribution in [-0.4, -0.2) is 72.8 Å². The molecule has 8 heteroatoms. The summed E-state index contributed by atoms with van der Waals surface area (Å²) in [5, 5.41) is 0. The van der Waals surface area contributed by atoms with Crippen LogP contribution >= 0.6 is 0 Å². The van der Waals surface area contributed by atoms with Gasteiger partial charge in [-0.1, -0.05) is 25.0 Å². The molecular weight excluding hydrogens is 474 g/mol. The number of rotatable bonds is 8. The van der Waals surface area contributed by atoms with Gasteiger partial charge in [-0.05, 0) is 74.7 Å². The standard InChI is InChI=1S/C30H41N7O/c38-29(37-17-3-10-30(23-37)11-18-36(19-12-30)26-4-1-2-5-26)25-8-6-24(7-9-25)20-35(21-27-31-13-14-32-27)22-28-33-15-16-34-28/h6-9,13-16,26H,1-5,10-12,17-23H2,(H,31,32)(H,33,34). The van der Waals surface area contributed by atoms with Crippen molar-refractivity contribution < 1.29 is 4.79 Å². The Balaban J connectivity index is 1.07. The molecule has 0 radical (unpaired) electrons. The van der Waals surface area contributed by atoms with Crippen molar-refractivity contribution in [3.8, 4) is 0 Å². The maximum atomic E-state index is 13.5. The van der Waals surface area contributed by atoms with Gasteiger partial charge in [-0.2, -0.15) is 0 Å². The van der Waals surface area contributed by atoms with Crippen molar-refractivity contribution in [2.24, 2.45) is 5.41 Å². The fourth-order valence-electron chi connectivity index (χ4n) is 6.98. The molecule has 38 heavy (non-hydrogen) atoms. The largest absolute Gasteiger partial charge is 0.348 e. The molecule has 2 aliphatic heterocycles. The third-order valence-electron chi connectivity index (χ3n) is 9.11. The second-order valence-electron chi connectivity index (χ2n) is 11.7. The third-order valence-corrected chi connectivity index (χ3v) is 9.11. The highest BCUT2D eigenvalue weighted by Crippen LogP contribution is 2.41. The number of likely N-dealkylation sites (tertiary alicyclic amines) is 2. The first-order chi connectivity index (χ1) is 18.7. The van der Waals surface area contributed by atoms with E-state index in [1.54, 1.807) is 12.4 Å². The molecule has 2 aromatic heterocycles. The topological polar surface area (TPSA) is 84.1 Å². The summed E-state index contributed by atoms with van der Waals surface area (Å²) in [4.78, 5) is 35.9. The van der Waals surface area contributed by atoms with Gasteiger partial charge in [-0.25, -0.2) is 9.97 Å². The summed E-state index contributed by atoms with van der Waals surface area (Å²) in [6, 6.07) is 9.05. The molecule has 3 fully saturated rings. The molecule has 2 saturated heterocycles. The number of aromatic nitrogens is 4. The van der Waals surface area contributed by atoms with E-state index >= 15 is 0 Å². The minimum absolute atomic E-state index is 0.192. The molecular formula is C30H41N7O. The average Bonchev–Trinajstić information content (AvgIpc) is 3.74. The smallest absolute Gasteiger partial charge is 0.253 e. The molecule has 1 amide bonds. The zero-order valence-electron chi connectivity index (χ0n) is 22.4. The van der Waals surface area contributed by atoms with E-state index < -0.39 is 0 Å². The monoisotopic (exact) mass is 515 g/mol. The number of nitrogens with zero attached hydrogens (tertiary/aromatic N) is 5. The van der Waals surface area contributed by atoms with Crippen molar-refractivity contribution in [3.63, 3.8) is 0 Å². The van der Waals surface area contributed by atoms with Crippen LogP contribution in [0.2, 0.25) is 0 Å². The zero-order valence-corrected chi connectivity index (χ0v) is 22.4. The summed E-state index contributed by atoms with van der Waals surface area (Å²) in [5.41, 5.74) is 2.30. The Kier molecular flexibility index (Phi) is 7.60. The van der Waals surface area contributed by atoms with Crippen molar-refractivity contribution in [1.29, 1.82) is 0 Å². The first-order valence-electron chi connectivity index (χ1n) is 14.5. The van der Waals surface area contributed by atoms with Crippen molar-refractivity contribution in [3.05, 3.63) is 71.8 Å². The van der Waals surface area contributed by atoms with E-state index in [4.69, 9.17) is 0 Å². The Hall–Kier alpha value is -2.97. The molecule has 4 heterocycles. The van der Waals surface area contributed by atoms with E-state index in [9.17, 15) is 4.79 Å². The summed E-state index contributed by atoms with van der Waals surface area (Å²) in [7, 11) is 0. The summed E-state index contributed by atoms with van der Waals surface area (Å²) >= 11 is 0. The van der Waals surface area contributed by atoms with Gasteiger partial charge in [0.2, 0.25) is 0 Å². The molecule has 1 aromatic carbocycles. The molecule has 202 valence electrons. The molecule has 3 aliphatic rings. The summed E-state index contributed by atoms with van der Waals surface area (Å²) in [5.74, 6) is 2.05. The maximum Gasteiger partial charge on any atom is 0.253 e. The number of nitrogens with one attached hydrogen (secondary N) is 2. The van der Waals surface area contributed by atoms with Crippen LogP contribution in [0.25, 0.3) is 0 Å². The molecule has 1 aliphatic carbocycles. The van der Waals surface area contributed by atoms with Gasteiger partial charge in [0, 0.05) is 56.0 Å². The van der Waals surface area contributed by atoms with Crippen molar-refractivity contribution in [1.82, 2.24) is 34.6 Å². The molecule has 2 N–H and O–H groups in total. The van der Waals surface area contributed by atoms with Gasteiger partial charge in [0.05, 0.1) is 13.1 Å². The number of hydrogen-bond acceptors (Lipinski definition) is 5. The van der Waals surface area contributed by atoms with Gasteiger partial charge in [0.25, 0.3) is 5.91 Å². The molecule has 0 atom stereocenters. The van der Waals surface area contributed by atoms with E-state index in [0.717, 1.165) is 49.3 Å². The Bertz CT molecular complexity index is 1110. The Labute approximate surface area is 225 Å². The predicted molar refractivity (Wildman–Crippen MR) is 147 cm³/mol. The fourth-order valence-corrected chi connectivity index (χ4v) is 6.98. The number of carbonyl (C=O) groups excluding carboxylic acids is 1. The molecule has 8 nitrogen and oxygen atoms in total. The van der Waals surface area contributed by atoms with Gasteiger partial charge < -0.3 is 19.8 Å². The quantitative estimate of drug-likeness (QED) is 0.458. The van der Waals surface area contributed by atoms with Crippen LogP contribution in [0.15, 0.2) is 49.1 Å². The van der Waals surface area contributed by atoms with E-state index in [0.29, 0.717) is 18.5 Å². The highest BCUT2D eigenvalue weighted by atomic mass is 16.2. The SMILES string of the molecule is O=C(c1ccc(CN(Cc2ncc[nH]2)Cc2ncc[nH]2)cc1)N1CCCC2(CCN(C3CCCC3)CC2)C1. The number of hydrogen-bond donors (Lipinski definition) is 2. The lowest BCUT2D eigenvalue weighted by Gasteiger charge is -2.48. The minimum Gasteiger partial charge on any atom is -0.348 e. The van der Waals surface area contributed by atoms with Crippen LogP contribution in [0.5, 0.6) is 0 Å². The Morgan fingerprint density at radius 2 is 1.53 bits per heavy atom. The van der Waals surface area contributed by atoms with Gasteiger partial charge in [0.1, 0.15) is 11.6 Å². The molecule has 0 unspecified atom stereocenters. The van der Waals surface area contributed by atoms with Crippen molar-refractivity contribution >= 4 is 5.91 Å². The van der Waals surface area contributed by atoms with Crippen LogP contribution in [0.4, 0.5) is 0 Å². The number of imidazole rings is 2. The number of benzene rings is 1. The van der Waals surface area contributed by atoms with Crippen LogP contribution in [0, 0.1) is 5.41 Å². The van der Waals surface area contributed by atoms with E-state index in [1.807, 2.05) is 24.5 Å². The van der Waals surface area contributed by atoms with Gasteiger partial charge in [-0.15, -0.1) is 0 Å². The van der Waals surface area contributed by atoms with E-state index in [-0.39, 0.29) is 5.91 Å². The lowest BCUT2D eigenvalue weighted by Crippen LogP contribution is -2.52. The van der Waals surface area contributed by atoms with Crippen LogP contribution in [0.3, 0.4) is 0 Å². The number of piperidine rings is 2. The fraction of sp³-hybridized carbons (Fsp3) is 0.567. The zero-order chi connectivity index (χ0) is 25.8. The van der Waals surface area contributed by atoms with Crippen LogP contribution in [-0.2, 0) is 19.6 Å². The second-order valence-corrected chi connectivity index (χ2v) is 11.7. The molecule has 0 bridgehead atoms. The number of amides is 1. The Morgan fingerprint density at radius 1 is 0.868 bits per heavy atom. The number of aromatic amines is 2. The predicted octanol–water partition coefficient (Wildman–Crippen LogP) is 4.60. The Morgan fingerprint density at radius 3 is 2.13 bits per heavy atom. The lowest BCUT2D eigenvalue weighted by atomic mass is 9.72. The molecule has 3 aromatic rings. The lowest BCUT2D eigenvalue weighted by molar-refractivity contribution is 0.0119. The van der Waals surface area contributed by atoms with Crippen molar-refractivity contribution in [2.45, 2.75) is 77.0 Å². The third kappa shape index (κ3) is 5.86. The van der Waals surface area contributed by atoms with Gasteiger partial charge in [-0.3, -0.25) is 9.69 Å². The summed E-state index contributed by atoms with van der Waals surface area (Å²) in [6.45, 7) is 6.38. The molecule has 1 saturated carbocycles. The van der Waals surface area contributed by atoms with Gasteiger partial charge in [0.15, 0.2) is 0 Å². The minimum atomic E-state index is 0.192. The maximum absolute atomic E-state index is 13.5. The highest BCUT2D eigenvalue weighted by molar-refractivity contribution is 5.94. The van der Waals surface area contributed by atoms with Crippen molar-refractivity contribution in [2.75, 3.05) is 26.2 Å². The van der Waals surface area contributed by atoms with Crippen LogP contribution < -0.4 is 0 Å².